The minimum atomic E-state index is -0.343. The average Bonchev–Trinajstić information content (AvgIpc) is 3.07. The Hall–Kier alpha value is -3.31. The molecule has 6 heteroatoms. The maximum absolute atomic E-state index is 12.4. The fraction of sp³-hybridized carbons (Fsp3) is 0. The molecular weight excluding hydrogens is 352 g/mol. The summed E-state index contributed by atoms with van der Waals surface area (Å²) in [5.74, 6) is -0.0605. The fourth-order valence-corrected chi connectivity index (χ4v) is 2.84. The number of nitrogens with one attached hydrogen (secondary N) is 1. The van der Waals surface area contributed by atoms with Crippen molar-refractivity contribution < 1.29 is 14.3 Å². The van der Waals surface area contributed by atoms with Crippen LogP contribution in [0.15, 0.2) is 71.1 Å². The molecule has 5 nitrogen and oxygen atoms in total. The molecule has 0 fully saturated rings. The number of phenols is 1. The molecule has 0 radical (unpaired) electrons. The first-order chi connectivity index (χ1) is 12.6. The minimum Gasteiger partial charge on any atom is -0.507 e. The standard InChI is InChI=1S/C20H13ClN2O3/c21-15-6-2-1-5-13(15)19(25)22-12-9-10-17(24)14(11-12)20-23-16-7-3-4-8-18(16)26-20/h1-11,24H,(H,22,25). The molecule has 1 aromatic heterocycles. The van der Waals surface area contributed by atoms with E-state index in [2.05, 4.69) is 10.3 Å². The van der Waals surface area contributed by atoms with Gasteiger partial charge in [0.25, 0.3) is 5.91 Å². The maximum atomic E-state index is 12.4. The number of aromatic hydroxyl groups is 1. The molecule has 3 aromatic carbocycles. The van der Waals surface area contributed by atoms with Gasteiger partial charge in [-0.05, 0) is 42.5 Å². The van der Waals surface area contributed by atoms with Crippen molar-refractivity contribution in [3.63, 3.8) is 0 Å². The van der Waals surface area contributed by atoms with Crippen molar-refractivity contribution >= 4 is 34.3 Å². The Bertz CT molecular complexity index is 1090. The first-order valence-corrected chi connectivity index (χ1v) is 8.24. The molecule has 26 heavy (non-hydrogen) atoms. The number of oxazole rings is 1. The first kappa shape index (κ1) is 16.2. The number of carbonyl (C=O) groups excluding carboxylic acids is 1. The van der Waals surface area contributed by atoms with E-state index in [0.29, 0.717) is 32.9 Å². The summed E-state index contributed by atoms with van der Waals surface area (Å²) in [5.41, 5.74) is 2.55. The lowest BCUT2D eigenvalue weighted by Crippen LogP contribution is -2.12. The number of amides is 1. The number of hydrogen-bond acceptors (Lipinski definition) is 4. The topological polar surface area (TPSA) is 75.4 Å². The van der Waals surface area contributed by atoms with Gasteiger partial charge in [-0.1, -0.05) is 35.9 Å². The first-order valence-electron chi connectivity index (χ1n) is 7.86. The van der Waals surface area contributed by atoms with E-state index in [0.717, 1.165) is 0 Å². The molecule has 0 spiro atoms. The van der Waals surface area contributed by atoms with Crippen LogP contribution in [0.4, 0.5) is 5.69 Å². The molecular formula is C20H13ClN2O3. The zero-order valence-corrected chi connectivity index (χ0v) is 14.2. The minimum absolute atomic E-state index is 0.00676. The van der Waals surface area contributed by atoms with E-state index in [-0.39, 0.29) is 17.5 Å². The average molecular weight is 365 g/mol. The van der Waals surface area contributed by atoms with Gasteiger partial charge < -0.3 is 14.8 Å². The zero-order chi connectivity index (χ0) is 18.1. The van der Waals surface area contributed by atoms with Gasteiger partial charge in [0.2, 0.25) is 5.89 Å². The number of phenolic OH excluding ortho intramolecular Hbond substituents is 1. The Balaban J connectivity index is 1.68. The van der Waals surface area contributed by atoms with Gasteiger partial charge in [0.05, 0.1) is 16.1 Å². The van der Waals surface area contributed by atoms with Crippen LogP contribution in [0.2, 0.25) is 5.02 Å². The highest BCUT2D eigenvalue weighted by Gasteiger charge is 2.15. The monoisotopic (exact) mass is 364 g/mol. The quantitative estimate of drug-likeness (QED) is 0.495. The number of anilines is 1. The van der Waals surface area contributed by atoms with Crippen molar-refractivity contribution in [1.29, 1.82) is 0 Å². The van der Waals surface area contributed by atoms with Gasteiger partial charge in [0.1, 0.15) is 11.3 Å². The van der Waals surface area contributed by atoms with Crippen LogP contribution in [0.3, 0.4) is 0 Å². The smallest absolute Gasteiger partial charge is 0.257 e. The number of aromatic nitrogens is 1. The second kappa shape index (κ2) is 6.54. The van der Waals surface area contributed by atoms with Gasteiger partial charge in [-0.25, -0.2) is 4.98 Å². The molecule has 128 valence electrons. The number of carbonyl (C=O) groups is 1. The summed E-state index contributed by atoms with van der Waals surface area (Å²) in [5, 5.41) is 13.3. The number of nitrogens with zero attached hydrogens (tertiary/aromatic N) is 1. The Morgan fingerprint density at radius 2 is 1.81 bits per heavy atom. The van der Waals surface area contributed by atoms with E-state index in [1.54, 1.807) is 42.5 Å². The van der Waals surface area contributed by atoms with Gasteiger partial charge in [-0.15, -0.1) is 0 Å². The second-order valence-electron chi connectivity index (χ2n) is 5.65. The molecule has 2 N–H and O–H groups in total. The van der Waals surface area contributed by atoms with Crippen LogP contribution in [0.1, 0.15) is 10.4 Å². The molecule has 0 saturated carbocycles. The molecule has 0 unspecified atom stereocenters. The van der Waals surface area contributed by atoms with E-state index in [1.807, 2.05) is 18.2 Å². The molecule has 4 rings (SSSR count). The number of fused-ring (bicyclic) bond motifs is 1. The van der Waals surface area contributed by atoms with E-state index in [1.165, 1.54) is 6.07 Å². The summed E-state index contributed by atoms with van der Waals surface area (Å²) in [6.07, 6.45) is 0. The van der Waals surface area contributed by atoms with Crippen LogP contribution in [0.25, 0.3) is 22.6 Å². The predicted molar refractivity (Wildman–Crippen MR) is 101 cm³/mol. The van der Waals surface area contributed by atoms with Crippen molar-refractivity contribution in [2.75, 3.05) is 5.32 Å². The van der Waals surface area contributed by atoms with E-state index in [9.17, 15) is 9.90 Å². The van der Waals surface area contributed by atoms with Crippen LogP contribution >= 0.6 is 11.6 Å². The lowest BCUT2D eigenvalue weighted by atomic mass is 10.1. The van der Waals surface area contributed by atoms with Crippen LogP contribution in [0, 0.1) is 0 Å². The number of benzene rings is 3. The molecule has 1 amide bonds. The summed E-state index contributed by atoms with van der Waals surface area (Å²) < 4.78 is 5.69. The van der Waals surface area contributed by atoms with Gasteiger partial charge in [0, 0.05) is 5.69 Å². The molecule has 0 bridgehead atoms. The SMILES string of the molecule is O=C(Nc1ccc(O)c(-c2nc3ccccc3o2)c1)c1ccccc1Cl. The Morgan fingerprint density at radius 1 is 1.04 bits per heavy atom. The number of halogens is 1. The lowest BCUT2D eigenvalue weighted by Gasteiger charge is -2.08. The number of hydrogen-bond donors (Lipinski definition) is 2. The molecule has 1 heterocycles. The molecule has 0 atom stereocenters. The Morgan fingerprint density at radius 3 is 2.62 bits per heavy atom. The molecule has 0 saturated heterocycles. The third-order valence-corrected chi connectivity index (χ3v) is 4.23. The van der Waals surface area contributed by atoms with Crippen molar-refractivity contribution in [2.45, 2.75) is 0 Å². The highest BCUT2D eigenvalue weighted by atomic mass is 35.5. The number of para-hydroxylation sites is 2. The normalized spacial score (nSPS) is 10.8. The van der Waals surface area contributed by atoms with Crippen molar-refractivity contribution in [1.82, 2.24) is 4.98 Å². The van der Waals surface area contributed by atoms with Crippen LogP contribution in [-0.4, -0.2) is 16.0 Å². The van der Waals surface area contributed by atoms with Crippen LogP contribution in [0.5, 0.6) is 5.75 Å². The van der Waals surface area contributed by atoms with Gasteiger partial charge in [0.15, 0.2) is 5.58 Å². The predicted octanol–water partition coefficient (Wildman–Crippen LogP) is 5.11. The molecule has 0 aliphatic carbocycles. The summed E-state index contributed by atoms with van der Waals surface area (Å²) in [4.78, 5) is 16.8. The third kappa shape index (κ3) is 3.00. The van der Waals surface area contributed by atoms with E-state index in [4.69, 9.17) is 16.0 Å². The second-order valence-corrected chi connectivity index (χ2v) is 6.06. The summed E-state index contributed by atoms with van der Waals surface area (Å²) in [6, 6.07) is 18.8. The number of rotatable bonds is 3. The zero-order valence-electron chi connectivity index (χ0n) is 13.4. The highest BCUT2D eigenvalue weighted by molar-refractivity contribution is 6.34. The van der Waals surface area contributed by atoms with Gasteiger partial charge in [-0.2, -0.15) is 0 Å². The van der Waals surface area contributed by atoms with Crippen molar-refractivity contribution in [3.8, 4) is 17.2 Å². The fourth-order valence-electron chi connectivity index (χ4n) is 2.62. The summed E-state index contributed by atoms with van der Waals surface area (Å²) >= 11 is 6.06. The summed E-state index contributed by atoms with van der Waals surface area (Å²) in [6.45, 7) is 0. The summed E-state index contributed by atoms with van der Waals surface area (Å²) in [7, 11) is 0. The van der Waals surface area contributed by atoms with Crippen LogP contribution < -0.4 is 5.32 Å². The van der Waals surface area contributed by atoms with Crippen molar-refractivity contribution in [3.05, 3.63) is 77.3 Å². The van der Waals surface area contributed by atoms with E-state index < -0.39 is 0 Å². The van der Waals surface area contributed by atoms with Gasteiger partial charge in [-0.3, -0.25) is 4.79 Å². The third-order valence-electron chi connectivity index (χ3n) is 3.90. The van der Waals surface area contributed by atoms with Gasteiger partial charge >= 0.3 is 0 Å². The van der Waals surface area contributed by atoms with Crippen molar-refractivity contribution in [2.24, 2.45) is 0 Å². The maximum Gasteiger partial charge on any atom is 0.257 e. The molecule has 0 aliphatic rings. The largest absolute Gasteiger partial charge is 0.507 e. The van der Waals surface area contributed by atoms with E-state index >= 15 is 0 Å². The highest BCUT2D eigenvalue weighted by Crippen LogP contribution is 2.33. The molecule has 0 aliphatic heterocycles. The lowest BCUT2D eigenvalue weighted by molar-refractivity contribution is 0.102. The Labute approximate surface area is 153 Å². The van der Waals surface area contributed by atoms with Crippen LogP contribution in [-0.2, 0) is 0 Å². The molecule has 4 aromatic rings. The Kier molecular flexibility index (Phi) is 4.07.